The molecular formula is C42H42ClFN6O6. The summed E-state index contributed by atoms with van der Waals surface area (Å²) in [5.41, 5.74) is 1.53. The summed E-state index contributed by atoms with van der Waals surface area (Å²) in [5, 5.41) is 14.9. The van der Waals surface area contributed by atoms with Gasteiger partial charge >= 0.3 is 0 Å². The van der Waals surface area contributed by atoms with Crippen molar-refractivity contribution in [2.75, 3.05) is 24.5 Å². The van der Waals surface area contributed by atoms with Crippen molar-refractivity contribution in [1.29, 1.82) is 5.26 Å². The lowest BCUT2D eigenvalue weighted by atomic mass is 9.49. The molecule has 3 aromatic rings. The largest absolute Gasteiger partial charge is 0.489 e. The third kappa shape index (κ3) is 6.19. The van der Waals surface area contributed by atoms with Crippen LogP contribution in [0.2, 0.25) is 5.02 Å². The Morgan fingerprint density at radius 1 is 0.982 bits per heavy atom. The number of fused-ring (bicyclic) bond motifs is 3. The lowest BCUT2D eigenvalue weighted by molar-refractivity contribution is -0.164. The minimum atomic E-state index is -1.11. The Hall–Kier alpha value is -5.32. The van der Waals surface area contributed by atoms with Crippen molar-refractivity contribution in [3.8, 4) is 11.8 Å². The van der Waals surface area contributed by atoms with Gasteiger partial charge in [-0.05, 0) is 61.2 Å². The van der Waals surface area contributed by atoms with Crippen molar-refractivity contribution < 1.29 is 33.1 Å². The molecule has 56 heavy (non-hydrogen) atoms. The highest BCUT2D eigenvalue weighted by molar-refractivity contribution is 6.31. The number of nitrogens with one attached hydrogen (secondary N) is 2. The van der Waals surface area contributed by atoms with E-state index < -0.39 is 35.5 Å². The first kappa shape index (κ1) is 37.6. The number of benzene rings is 3. The maximum atomic E-state index is 15.6. The minimum Gasteiger partial charge on any atom is -0.489 e. The number of rotatable bonds is 9. The van der Waals surface area contributed by atoms with Gasteiger partial charge in [0.15, 0.2) is 0 Å². The van der Waals surface area contributed by atoms with E-state index in [1.807, 2.05) is 29.2 Å². The zero-order valence-electron chi connectivity index (χ0n) is 31.5. The first-order valence-electron chi connectivity index (χ1n) is 18.9. The van der Waals surface area contributed by atoms with E-state index in [-0.39, 0.29) is 70.6 Å². The summed E-state index contributed by atoms with van der Waals surface area (Å²) in [7, 11) is 0. The van der Waals surface area contributed by atoms with Crippen LogP contribution < -0.4 is 20.3 Å². The van der Waals surface area contributed by atoms with Gasteiger partial charge in [-0.15, -0.1) is 0 Å². The number of carbonyl (C=O) groups is 5. The molecule has 2 N–H and O–H groups in total. The fraction of sp³-hybridized carbons (Fsp3) is 0.429. The molecule has 3 saturated heterocycles. The average Bonchev–Trinajstić information content (AvgIpc) is 3.83. The fourth-order valence-electron chi connectivity index (χ4n) is 9.92. The van der Waals surface area contributed by atoms with Gasteiger partial charge < -0.3 is 15.0 Å². The van der Waals surface area contributed by atoms with Crippen molar-refractivity contribution in [2.45, 2.75) is 83.6 Å². The van der Waals surface area contributed by atoms with Gasteiger partial charge in [-0.2, -0.15) is 5.26 Å². The quantitative estimate of drug-likeness (QED) is 0.290. The Labute approximate surface area is 328 Å². The van der Waals surface area contributed by atoms with Gasteiger partial charge in [-0.3, -0.25) is 39.1 Å². The van der Waals surface area contributed by atoms with Gasteiger partial charge in [-0.1, -0.05) is 51.4 Å². The zero-order chi connectivity index (χ0) is 39.8. The Morgan fingerprint density at radius 3 is 2.30 bits per heavy atom. The summed E-state index contributed by atoms with van der Waals surface area (Å²) >= 11 is 6.23. The molecule has 5 aliphatic rings. The number of carbonyl (C=O) groups excluding carboxylic acids is 5. The van der Waals surface area contributed by atoms with Crippen LogP contribution in [0.1, 0.15) is 89.2 Å². The summed E-state index contributed by atoms with van der Waals surface area (Å²) in [6.45, 7) is 10.3. The summed E-state index contributed by atoms with van der Waals surface area (Å²) < 4.78 is 21.9. The molecule has 4 fully saturated rings. The smallest absolute Gasteiger partial charge is 0.262 e. The number of nitrogens with zero attached hydrogens (tertiary/aromatic N) is 4. The average molecular weight is 781 g/mol. The maximum Gasteiger partial charge on any atom is 0.262 e. The summed E-state index contributed by atoms with van der Waals surface area (Å²) in [5.74, 6) is -2.73. The molecule has 0 aromatic heterocycles. The molecule has 3 atom stereocenters. The molecule has 8 rings (SSSR count). The number of piperazine rings is 1. The molecule has 1 aliphatic carbocycles. The predicted molar refractivity (Wildman–Crippen MR) is 204 cm³/mol. The topological polar surface area (TPSA) is 152 Å². The molecule has 4 heterocycles. The van der Waals surface area contributed by atoms with Gasteiger partial charge in [0.1, 0.15) is 29.8 Å². The Bertz CT molecular complexity index is 2220. The highest BCUT2D eigenvalue weighted by atomic mass is 35.5. The third-order valence-electron chi connectivity index (χ3n) is 12.5. The van der Waals surface area contributed by atoms with E-state index in [9.17, 15) is 29.2 Å². The van der Waals surface area contributed by atoms with E-state index in [0.717, 1.165) is 35.9 Å². The number of imide groups is 2. The zero-order valence-corrected chi connectivity index (χ0v) is 32.3. The van der Waals surface area contributed by atoms with Crippen LogP contribution in [0.5, 0.6) is 5.75 Å². The number of ether oxygens (including phenoxy) is 1. The molecule has 2 bridgehead atoms. The van der Waals surface area contributed by atoms with Gasteiger partial charge in [-0.25, -0.2) is 4.39 Å². The van der Waals surface area contributed by atoms with E-state index in [0.29, 0.717) is 35.0 Å². The van der Waals surface area contributed by atoms with E-state index in [1.165, 1.54) is 6.07 Å². The van der Waals surface area contributed by atoms with Crippen molar-refractivity contribution in [3.63, 3.8) is 0 Å². The second-order valence-corrected chi connectivity index (χ2v) is 17.1. The minimum absolute atomic E-state index is 0.00910. The molecule has 0 unspecified atom stereocenters. The number of halogens is 2. The van der Waals surface area contributed by atoms with Crippen LogP contribution in [0.3, 0.4) is 0 Å². The Balaban J connectivity index is 0.850. The number of amides is 5. The van der Waals surface area contributed by atoms with Gasteiger partial charge in [0.05, 0.1) is 27.4 Å². The second-order valence-electron chi connectivity index (χ2n) is 16.7. The monoisotopic (exact) mass is 780 g/mol. The van der Waals surface area contributed by atoms with Crippen molar-refractivity contribution in [2.24, 2.45) is 10.8 Å². The number of hydrogen-bond acceptors (Lipinski definition) is 9. The molecule has 290 valence electrons. The molecule has 14 heteroatoms. The van der Waals surface area contributed by atoms with Crippen LogP contribution >= 0.6 is 11.6 Å². The molecule has 4 aliphatic heterocycles. The molecule has 1 saturated carbocycles. The van der Waals surface area contributed by atoms with Crippen molar-refractivity contribution in [3.05, 3.63) is 93.3 Å². The molecular weight excluding hydrogens is 739 g/mol. The Morgan fingerprint density at radius 2 is 1.68 bits per heavy atom. The molecule has 0 radical (unpaired) electrons. The standard InChI is InChI=1S/C42H42ClFN6O6/c1-41(2)39(42(3,4)40(41)56-27-10-9-24(19-45)30(43)16-27)47-35(52)23-7-5-22(6-8-23)13-14-48-20-26-15-25(48)21-49(26)33-18-29-28(17-31(33)44)37(54)50(38(29)55)32-11-12-34(51)46-36(32)53/h5-10,16-18,25-26,32,39-40H,11-15,20-21H2,1-4H3,(H,47,52)(H,46,51,53)/t25-,26-,32-,39?,40?/m1/s1. The van der Waals surface area contributed by atoms with Crippen LogP contribution in [0.15, 0.2) is 54.6 Å². The van der Waals surface area contributed by atoms with Gasteiger partial charge in [0, 0.05) is 66.6 Å². The summed E-state index contributed by atoms with van der Waals surface area (Å²) in [6.07, 6.45) is 1.44. The van der Waals surface area contributed by atoms with E-state index in [4.69, 9.17) is 16.3 Å². The molecule has 12 nitrogen and oxygen atoms in total. The van der Waals surface area contributed by atoms with Crippen LogP contribution in [-0.4, -0.2) is 89.2 Å². The van der Waals surface area contributed by atoms with Crippen LogP contribution in [0.4, 0.5) is 10.1 Å². The molecule has 5 amide bonds. The number of piperidine rings is 1. The first-order chi connectivity index (χ1) is 26.6. The number of anilines is 1. The Kier molecular flexibility index (Phi) is 9.20. The van der Waals surface area contributed by atoms with Crippen molar-refractivity contribution in [1.82, 2.24) is 20.4 Å². The summed E-state index contributed by atoms with van der Waals surface area (Å²) in [4.78, 5) is 69.2. The van der Waals surface area contributed by atoms with Crippen LogP contribution in [0.25, 0.3) is 0 Å². The highest BCUT2D eigenvalue weighted by Gasteiger charge is 2.64. The molecule has 3 aromatic carbocycles. The van der Waals surface area contributed by atoms with E-state index in [1.54, 1.807) is 18.2 Å². The normalized spacial score (nSPS) is 26.1. The lowest BCUT2D eigenvalue weighted by Crippen LogP contribution is -2.74. The van der Waals surface area contributed by atoms with Gasteiger partial charge in [0.2, 0.25) is 11.8 Å². The SMILES string of the molecule is CC1(C)C(NC(=O)c2ccc(CCN3C[C@H]4C[C@@H]3CN4c3cc4c(cc3F)C(=O)N([C@@H]3CCC(=O)NC3=O)C4=O)cc2)C(C)(C)C1Oc1ccc(C#N)c(Cl)c1. The maximum absolute atomic E-state index is 15.6. The first-order valence-corrected chi connectivity index (χ1v) is 19.3. The lowest BCUT2D eigenvalue weighted by Gasteiger charge is -2.63. The summed E-state index contributed by atoms with van der Waals surface area (Å²) in [6, 6.07) is 16.2. The van der Waals surface area contributed by atoms with E-state index in [2.05, 4.69) is 49.3 Å². The number of hydrogen-bond donors (Lipinski definition) is 2. The third-order valence-corrected chi connectivity index (χ3v) is 12.8. The molecule has 0 spiro atoms. The second kappa shape index (κ2) is 13.7. The van der Waals surface area contributed by atoms with Crippen LogP contribution in [0, 0.1) is 28.0 Å². The highest BCUT2D eigenvalue weighted by Crippen LogP contribution is 2.55. The van der Waals surface area contributed by atoms with Crippen LogP contribution in [-0.2, 0) is 16.0 Å². The van der Waals surface area contributed by atoms with Crippen molar-refractivity contribution >= 4 is 46.8 Å². The number of likely N-dealkylation sites (tertiary alicyclic amines) is 1. The predicted octanol–water partition coefficient (Wildman–Crippen LogP) is 4.87. The van der Waals surface area contributed by atoms with Gasteiger partial charge in [0.25, 0.3) is 17.7 Å². The fourth-order valence-corrected chi connectivity index (χ4v) is 10.1. The van der Waals surface area contributed by atoms with E-state index >= 15 is 4.39 Å². The number of nitriles is 1.